The van der Waals surface area contributed by atoms with Crippen molar-refractivity contribution in [3.05, 3.63) is 47.2 Å². The van der Waals surface area contributed by atoms with Crippen molar-refractivity contribution in [2.45, 2.75) is 51.6 Å². The van der Waals surface area contributed by atoms with Gasteiger partial charge in [0.05, 0.1) is 0 Å². The fourth-order valence-corrected chi connectivity index (χ4v) is 4.14. The number of carbonyl (C=O) groups excluding carboxylic acids is 2. The van der Waals surface area contributed by atoms with Crippen molar-refractivity contribution in [1.82, 2.24) is 15.2 Å². The molecule has 0 bridgehead atoms. The molecular formula is C21H25N3O2. The van der Waals surface area contributed by atoms with Gasteiger partial charge in [0.15, 0.2) is 0 Å². The number of aromatic amines is 1. The summed E-state index contributed by atoms with van der Waals surface area (Å²) >= 11 is 0. The molecule has 5 heteroatoms. The second-order valence-corrected chi connectivity index (χ2v) is 7.57. The maximum atomic E-state index is 12.9. The second-order valence-electron chi connectivity index (χ2n) is 7.57. The Morgan fingerprint density at radius 3 is 2.88 bits per heavy atom. The molecular weight excluding hydrogens is 326 g/mol. The van der Waals surface area contributed by atoms with Crippen LogP contribution in [0, 0.1) is 0 Å². The van der Waals surface area contributed by atoms with Gasteiger partial charge in [0.2, 0.25) is 11.8 Å². The predicted molar refractivity (Wildman–Crippen MR) is 102 cm³/mol. The highest BCUT2D eigenvalue weighted by atomic mass is 16.2. The topological polar surface area (TPSA) is 65.2 Å². The van der Waals surface area contributed by atoms with Crippen LogP contribution in [0.3, 0.4) is 0 Å². The van der Waals surface area contributed by atoms with E-state index in [1.807, 2.05) is 12.1 Å². The van der Waals surface area contributed by atoms with Gasteiger partial charge < -0.3 is 15.2 Å². The quantitative estimate of drug-likeness (QED) is 0.832. The van der Waals surface area contributed by atoms with Crippen molar-refractivity contribution in [2.75, 3.05) is 6.54 Å². The highest BCUT2D eigenvalue weighted by Gasteiger charge is 2.43. The first-order chi connectivity index (χ1) is 12.5. The Bertz CT molecular complexity index is 892. The number of nitrogens with one attached hydrogen (secondary N) is 2. The molecule has 1 aromatic carbocycles. The molecule has 1 aromatic heterocycles. The number of H-pyrrole nitrogens is 1. The number of allylic oxidation sites excluding steroid dienone is 2. The summed E-state index contributed by atoms with van der Waals surface area (Å²) in [6, 6.07) is 7.44. The van der Waals surface area contributed by atoms with Crippen LogP contribution in [0.4, 0.5) is 0 Å². The first kappa shape index (κ1) is 16.9. The van der Waals surface area contributed by atoms with Gasteiger partial charge in [-0.25, -0.2) is 0 Å². The van der Waals surface area contributed by atoms with E-state index in [2.05, 4.69) is 42.4 Å². The van der Waals surface area contributed by atoms with Gasteiger partial charge in [-0.1, -0.05) is 29.8 Å². The number of rotatable bonds is 4. The number of amides is 2. The van der Waals surface area contributed by atoms with E-state index in [4.69, 9.17) is 0 Å². The fraction of sp³-hybridized carbons (Fsp3) is 0.429. The Hall–Kier alpha value is -2.56. The molecule has 0 saturated carbocycles. The summed E-state index contributed by atoms with van der Waals surface area (Å²) in [6.45, 7) is 4.87. The Kier molecular flexibility index (Phi) is 4.31. The maximum Gasteiger partial charge on any atom is 0.246 e. The first-order valence-corrected chi connectivity index (χ1v) is 9.37. The number of fused-ring (bicyclic) bond motifs is 2. The minimum atomic E-state index is -0.471. The van der Waals surface area contributed by atoms with E-state index in [9.17, 15) is 9.59 Å². The normalized spacial score (nSPS) is 22.5. The van der Waals surface area contributed by atoms with Crippen molar-refractivity contribution >= 4 is 22.7 Å². The zero-order valence-electron chi connectivity index (χ0n) is 15.3. The fourth-order valence-electron chi connectivity index (χ4n) is 4.14. The molecule has 3 heterocycles. The Morgan fingerprint density at radius 2 is 2.08 bits per heavy atom. The molecule has 26 heavy (non-hydrogen) atoms. The van der Waals surface area contributed by atoms with E-state index in [1.54, 1.807) is 4.90 Å². The van der Waals surface area contributed by atoms with Crippen LogP contribution in [-0.2, 0) is 22.4 Å². The van der Waals surface area contributed by atoms with E-state index in [-0.39, 0.29) is 17.9 Å². The van der Waals surface area contributed by atoms with Crippen LogP contribution in [0.1, 0.15) is 37.9 Å². The summed E-state index contributed by atoms with van der Waals surface area (Å²) in [5, 5.41) is 4.11. The largest absolute Gasteiger partial charge is 0.358 e. The van der Waals surface area contributed by atoms with Gasteiger partial charge in [-0.05, 0) is 38.3 Å². The Morgan fingerprint density at radius 1 is 1.27 bits per heavy atom. The van der Waals surface area contributed by atoms with Crippen LogP contribution in [0.15, 0.2) is 35.9 Å². The monoisotopic (exact) mass is 351 g/mol. The highest BCUT2D eigenvalue weighted by Crippen LogP contribution is 2.28. The summed E-state index contributed by atoms with van der Waals surface area (Å²) in [7, 11) is 0. The molecule has 2 aromatic rings. The summed E-state index contributed by atoms with van der Waals surface area (Å²) < 4.78 is 0. The Balaban J connectivity index is 1.67. The number of hydrogen-bond donors (Lipinski definition) is 2. The molecule has 0 unspecified atom stereocenters. The number of carbonyl (C=O) groups is 2. The summed E-state index contributed by atoms with van der Waals surface area (Å²) in [5.74, 6) is 0.0586. The van der Waals surface area contributed by atoms with E-state index in [0.29, 0.717) is 13.0 Å². The zero-order valence-corrected chi connectivity index (χ0v) is 15.3. The molecule has 136 valence electrons. The molecule has 2 fully saturated rings. The lowest BCUT2D eigenvalue weighted by Gasteiger charge is -2.34. The summed E-state index contributed by atoms with van der Waals surface area (Å²) in [5.41, 5.74) is 4.59. The lowest BCUT2D eigenvalue weighted by Crippen LogP contribution is -2.61. The van der Waals surface area contributed by atoms with Gasteiger partial charge in [-0.3, -0.25) is 9.59 Å². The van der Waals surface area contributed by atoms with Gasteiger partial charge in [0.25, 0.3) is 0 Å². The van der Waals surface area contributed by atoms with Crippen molar-refractivity contribution in [2.24, 2.45) is 0 Å². The summed E-state index contributed by atoms with van der Waals surface area (Å²) in [6.07, 6.45) is 5.21. The smallest absolute Gasteiger partial charge is 0.246 e. The third kappa shape index (κ3) is 2.91. The molecule has 2 amide bonds. The second kappa shape index (κ2) is 6.63. The molecule has 0 aliphatic carbocycles. The summed E-state index contributed by atoms with van der Waals surface area (Å²) in [4.78, 5) is 30.6. The average molecular weight is 351 g/mol. The number of aromatic nitrogens is 1. The minimum Gasteiger partial charge on any atom is -0.358 e. The number of benzene rings is 1. The molecule has 0 radical (unpaired) electrons. The standard InChI is InChI=1S/C21H25N3O2/c1-13(2)9-10-17-15(14-6-3-4-7-16(14)22-17)12-18-21(26)24-11-5-8-19(24)20(25)23-18/h3-4,6-7,9,18-19,22H,5,8,10-12H2,1-2H3,(H,23,25)/t18-,19+/m0/s1. The van der Waals surface area contributed by atoms with Gasteiger partial charge in [-0.15, -0.1) is 0 Å². The zero-order chi connectivity index (χ0) is 18.3. The highest BCUT2D eigenvalue weighted by molar-refractivity contribution is 5.98. The van der Waals surface area contributed by atoms with Gasteiger partial charge in [0, 0.05) is 36.0 Å². The van der Waals surface area contributed by atoms with Crippen molar-refractivity contribution in [3.63, 3.8) is 0 Å². The number of piperazine rings is 1. The van der Waals surface area contributed by atoms with E-state index < -0.39 is 6.04 Å². The first-order valence-electron chi connectivity index (χ1n) is 9.37. The molecule has 2 N–H and O–H groups in total. The molecule has 2 aliphatic rings. The van der Waals surface area contributed by atoms with Crippen LogP contribution >= 0.6 is 0 Å². The number of hydrogen-bond acceptors (Lipinski definition) is 2. The van der Waals surface area contributed by atoms with E-state index in [0.717, 1.165) is 41.4 Å². The van der Waals surface area contributed by atoms with Gasteiger partial charge in [0.1, 0.15) is 12.1 Å². The van der Waals surface area contributed by atoms with Crippen LogP contribution in [-0.4, -0.2) is 40.3 Å². The minimum absolute atomic E-state index is 0.00205. The Labute approximate surface area is 153 Å². The molecule has 2 atom stereocenters. The predicted octanol–water partition coefficient (Wildman–Crippen LogP) is 2.71. The molecule has 2 saturated heterocycles. The maximum absolute atomic E-state index is 12.9. The van der Waals surface area contributed by atoms with Crippen molar-refractivity contribution < 1.29 is 9.59 Å². The van der Waals surface area contributed by atoms with Crippen LogP contribution in [0.25, 0.3) is 10.9 Å². The van der Waals surface area contributed by atoms with Crippen LogP contribution < -0.4 is 5.32 Å². The number of nitrogens with zero attached hydrogens (tertiary/aromatic N) is 1. The molecule has 5 nitrogen and oxygen atoms in total. The lowest BCUT2D eigenvalue weighted by molar-refractivity contribution is -0.146. The third-order valence-electron chi connectivity index (χ3n) is 5.48. The third-order valence-corrected chi connectivity index (χ3v) is 5.48. The van der Waals surface area contributed by atoms with Gasteiger partial charge in [-0.2, -0.15) is 0 Å². The lowest BCUT2D eigenvalue weighted by atomic mass is 9.97. The molecule has 4 rings (SSSR count). The van der Waals surface area contributed by atoms with Gasteiger partial charge >= 0.3 is 0 Å². The van der Waals surface area contributed by atoms with Crippen LogP contribution in [0.2, 0.25) is 0 Å². The van der Waals surface area contributed by atoms with E-state index in [1.165, 1.54) is 5.57 Å². The number of para-hydroxylation sites is 1. The van der Waals surface area contributed by atoms with E-state index >= 15 is 0 Å². The van der Waals surface area contributed by atoms with Crippen LogP contribution in [0.5, 0.6) is 0 Å². The average Bonchev–Trinajstić information content (AvgIpc) is 3.23. The van der Waals surface area contributed by atoms with Crippen molar-refractivity contribution in [3.8, 4) is 0 Å². The molecule has 2 aliphatic heterocycles. The SMILES string of the molecule is CC(C)=CCc1[nH]c2ccccc2c1C[C@@H]1NC(=O)[C@H]2CCCN2C1=O. The van der Waals surface area contributed by atoms with Crippen molar-refractivity contribution in [1.29, 1.82) is 0 Å². The molecule has 0 spiro atoms.